The topological polar surface area (TPSA) is 111 Å². The Bertz CT molecular complexity index is 1310. The Labute approximate surface area is 266 Å². The summed E-state index contributed by atoms with van der Waals surface area (Å²) in [6.07, 6.45) is 8.62. The lowest BCUT2D eigenvalue weighted by molar-refractivity contribution is -0.165. The molecule has 3 aliphatic rings. The molecule has 5 rings (SSSR count). The van der Waals surface area contributed by atoms with Gasteiger partial charge in [0.25, 0.3) is 5.91 Å². The molecule has 2 saturated heterocycles. The van der Waals surface area contributed by atoms with Crippen LogP contribution in [0.2, 0.25) is 0 Å². The Balaban J connectivity index is 0.00000442. The molecule has 10 heteroatoms. The summed E-state index contributed by atoms with van der Waals surface area (Å²) in [4.78, 5) is 43.4. The van der Waals surface area contributed by atoms with Gasteiger partial charge in [0.05, 0.1) is 6.10 Å². The van der Waals surface area contributed by atoms with Crippen molar-refractivity contribution in [1.82, 2.24) is 20.4 Å². The van der Waals surface area contributed by atoms with E-state index in [0.717, 1.165) is 44.2 Å². The molecule has 2 fully saturated rings. The van der Waals surface area contributed by atoms with Crippen LogP contribution in [0.4, 0.5) is 0 Å². The maximum absolute atomic E-state index is 13.8. The molecule has 9 nitrogen and oxygen atoms in total. The van der Waals surface area contributed by atoms with Crippen molar-refractivity contribution in [2.75, 3.05) is 26.7 Å². The van der Waals surface area contributed by atoms with Crippen molar-refractivity contribution < 1.29 is 24.2 Å². The number of piperidine rings is 1. The highest BCUT2D eigenvalue weighted by Gasteiger charge is 2.55. The Morgan fingerprint density at radius 1 is 1.07 bits per heavy atom. The smallest absolute Gasteiger partial charge is 0.251 e. The van der Waals surface area contributed by atoms with E-state index in [4.69, 9.17) is 4.74 Å². The third-order valence-electron chi connectivity index (χ3n) is 9.22. The summed E-state index contributed by atoms with van der Waals surface area (Å²) in [6, 6.07) is 14.1. The van der Waals surface area contributed by atoms with E-state index >= 15 is 0 Å². The molecule has 2 aliphatic heterocycles. The number of halogens is 1. The number of ether oxygens (including phenoxy) is 1. The second-order valence-corrected chi connectivity index (χ2v) is 12.0. The van der Waals surface area contributed by atoms with Crippen molar-refractivity contribution in [3.63, 3.8) is 0 Å². The van der Waals surface area contributed by atoms with E-state index in [-0.39, 0.29) is 36.0 Å². The van der Waals surface area contributed by atoms with E-state index in [1.165, 1.54) is 0 Å². The lowest BCUT2D eigenvalue weighted by Gasteiger charge is -2.52. The van der Waals surface area contributed by atoms with Crippen LogP contribution in [0.25, 0.3) is 0 Å². The third-order valence-corrected chi connectivity index (χ3v) is 9.22. The minimum Gasteiger partial charge on any atom is -0.457 e. The summed E-state index contributed by atoms with van der Waals surface area (Å²) in [5.74, 6) is 0.943. The van der Waals surface area contributed by atoms with Crippen LogP contribution in [-0.4, -0.2) is 77.0 Å². The molecule has 3 atom stereocenters. The average Bonchev–Trinajstić information content (AvgIpc) is 3.04. The number of allylic oxidation sites excluding steroid dienone is 2. The van der Waals surface area contributed by atoms with Crippen LogP contribution in [0.3, 0.4) is 0 Å². The number of hydrogen-bond acceptors (Lipinski definition) is 6. The first-order valence-electron chi connectivity index (χ1n) is 15.6. The SMILES string of the molecule is CCCCN1C(=O)[C@@H]([C@H](O)C2CC=CCC2)NC(=O)C12CCN(Cc1ccc(Oc3ccc(C(=O)NC)cc3)cc1)CC2.Cl. The minimum absolute atomic E-state index is 0. The number of piperazine rings is 1. The third kappa shape index (κ3) is 7.28. The molecule has 2 heterocycles. The number of amides is 3. The number of nitrogens with one attached hydrogen (secondary N) is 2. The first kappa shape index (κ1) is 33.5. The summed E-state index contributed by atoms with van der Waals surface area (Å²) in [7, 11) is 1.60. The van der Waals surface area contributed by atoms with Crippen molar-refractivity contribution in [1.29, 1.82) is 0 Å². The van der Waals surface area contributed by atoms with Gasteiger partial charge in [-0.15, -0.1) is 12.4 Å². The number of rotatable bonds is 10. The molecule has 3 amide bonds. The fourth-order valence-electron chi connectivity index (χ4n) is 6.56. The van der Waals surface area contributed by atoms with Crippen molar-refractivity contribution in [2.24, 2.45) is 5.92 Å². The molecule has 44 heavy (non-hydrogen) atoms. The van der Waals surface area contributed by atoms with Gasteiger partial charge in [0, 0.05) is 38.8 Å². The first-order valence-corrected chi connectivity index (χ1v) is 15.6. The number of hydrogen-bond donors (Lipinski definition) is 3. The van der Waals surface area contributed by atoms with Gasteiger partial charge in [-0.2, -0.15) is 0 Å². The standard InChI is InChI=1S/C34H44N4O5.ClH/c1-3-4-20-38-32(41)29(30(39)25-8-6-5-7-9-25)36-33(42)34(38)18-21-37(22-19-34)23-24-10-14-27(15-11-24)43-28-16-12-26(13-17-28)31(40)35-2;/h5-6,10-17,25,29-30,39H,3-4,7-9,18-23H2,1-2H3,(H,35,40)(H,36,42);1H/t25?,29-,30-;/m1./s1. The number of aliphatic hydroxyl groups excluding tert-OH is 1. The number of unbranched alkanes of at least 4 members (excludes halogenated alkanes) is 1. The van der Waals surface area contributed by atoms with Crippen LogP contribution in [-0.2, 0) is 16.1 Å². The second-order valence-electron chi connectivity index (χ2n) is 12.0. The zero-order chi connectivity index (χ0) is 30.4. The Morgan fingerprint density at radius 3 is 2.32 bits per heavy atom. The molecule has 2 aromatic carbocycles. The number of benzene rings is 2. The highest BCUT2D eigenvalue weighted by Crippen LogP contribution is 2.36. The van der Waals surface area contributed by atoms with Gasteiger partial charge in [-0.1, -0.05) is 37.6 Å². The van der Waals surface area contributed by atoms with E-state index in [0.29, 0.717) is 49.5 Å². The van der Waals surface area contributed by atoms with Gasteiger partial charge in [-0.3, -0.25) is 19.3 Å². The second kappa shape index (κ2) is 15.1. The molecular formula is C34H45ClN4O5. The molecule has 238 valence electrons. The number of aliphatic hydroxyl groups is 1. The number of carbonyl (C=O) groups excluding carboxylic acids is 3. The van der Waals surface area contributed by atoms with E-state index in [2.05, 4.69) is 34.6 Å². The summed E-state index contributed by atoms with van der Waals surface area (Å²) in [6.45, 7) is 4.74. The number of nitrogens with zero attached hydrogens (tertiary/aromatic N) is 2. The quantitative estimate of drug-likeness (QED) is 0.337. The molecule has 1 aliphatic carbocycles. The lowest BCUT2D eigenvalue weighted by atomic mass is 9.78. The molecule has 2 aromatic rings. The molecule has 0 saturated carbocycles. The molecule has 0 radical (unpaired) electrons. The van der Waals surface area contributed by atoms with Crippen molar-refractivity contribution in [3.8, 4) is 11.5 Å². The summed E-state index contributed by atoms with van der Waals surface area (Å²) in [5.41, 5.74) is 0.845. The summed E-state index contributed by atoms with van der Waals surface area (Å²) < 4.78 is 5.95. The highest BCUT2D eigenvalue weighted by molar-refractivity contribution is 6.00. The van der Waals surface area contributed by atoms with Gasteiger partial charge < -0.3 is 25.4 Å². The summed E-state index contributed by atoms with van der Waals surface area (Å²) in [5, 5.41) is 16.7. The van der Waals surface area contributed by atoms with E-state index in [1.54, 1.807) is 31.3 Å². The lowest BCUT2D eigenvalue weighted by Crippen LogP contribution is -2.75. The largest absolute Gasteiger partial charge is 0.457 e. The normalized spacial score (nSPS) is 22.2. The Hall–Kier alpha value is -3.40. The fourth-order valence-corrected chi connectivity index (χ4v) is 6.56. The van der Waals surface area contributed by atoms with Crippen LogP contribution in [0.15, 0.2) is 60.7 Å². The summed E-state index contributed by atoms with van der Waals surface area (Å²) >= 11 is 0. The highest BCUT2D eigenvalue weighted by atomic mass is 35.5. The van der Waals surface area contributed by atoms with Gasteiger partial charge in [0.15, 0.2) is 0 Å². The Kier molecular flexibility index (Phi) is 11.5. The van der Waals surface area contributed by atoms with Crippen LogP contribution < -0.4 is 15.4 Å². The van der Waals surface area contributed by atoms with E-state index in [1.807, 2.05) is 29.2 Å². The van der Waals surface area contributed by atoms with Crippen LogP contribution in [0.5, 0.6) is 11.5 Å². The van der Waals surface area contributed by atoms with Gasteiger partial charge in [-0.25, -0.2) is 0 Å². The monoisotopic (exact) mass is 624 g/mol. The van der Waals surface area contributed by atoms with Gasteiger partial charge in [-0.05, 0) is 86.4 Å². The zero-order valence-electron chi connectivity index (χ0n) is 25.7. The van der Waals surface area contributed by atoms with Gasteiger partial charge in [0.2, 0.25) is 11.8 Å². The zero-order valence-corrected chi connectivity index (χ0v) is 26.5. The molecule has 1 unspecified atom stereocenters. The van der Waals surface area contributed by atoms with Crippen LogP contribution in [0, 0.1) is 5.92 Å². The van der Waals surface area contributed by atoms with Gasteiger partial charge in [0.1, 0.15) is 23.1 Å². The fraction of sp³-hybridized carbons (Fsp3) is 0.500. The molecule has 1 spiro atoms. The predicted octanol–water partition coefficient (Wildman–Crippen LogP) is 4.44. The first-order chi connectivity index (χ1) is 20.8. The maximum atomic E-state index is 13.8. The predicted molar refractivity (Wildman–Crippen MR) is 172 cm³/mol. The van der Waals surface area contributed by atoms with Crippen molar-refractivity contribution >= 4 is 30.1 Å². The van der Waals surface area contributed by atoms with E-state index in [9.17, 15) is 19.5 Å². The molecular weight excluding hydrogens is 580 g/mol. The van der Waals surface area contributed by atoms with Gasteiger partial charge >= 0.3 is 0 Å². The van der Waals surface area contributed by atoms with Crippen LogP contribution >= 0.6 is 12.4 Å². The molecule has 0 aromatic heterocycles. The van der Waals surface area contributed by atoms with Crippen LogP contribution in [0.1, 0.15) is 67.8 Å². The molecule has 3 N–H and O–H groups in total. The van der Waals surface area contributed by atoms with Crippen molar-refractivity contribution in [3.05, 3.63) is 71.8 Å². The maximum Gasteiger partial charge on any atom is 0.251 e. The average molecular weight is 625 g/mol. The number of likely N-dealkylation sites (tertiary alicyclic amines) is 1. The van der Waals surface area contributed by atoms with E-state index < -0.39 is 17.7 Å². The Morgan fingerprint density at radius 2 is 1.73 bits per heavy atom. The molecule has 0 bridgehead atoms. The minimum atomic E-state index is -0.878. The van der Waals surface area contributed by atoms with Crippen molar-refractivity contribution in [2.45, 2.75) is 76.1 Å². The number of carbonyl (C=O) groups is 3.